The van der Waals surface area contributed by atoms with E-state index >= 15 is 0 Å². The van der Waals surface area contributed by atoms with Crippen molar-refractivity contribution in [2.75, 3.05) is 32.7 Å². The second kappa shape index (κ2) is 9.67. The summed E-state index contributed by atoms with van der Waals surface area (Å²) in [6.45, 7) is 4.27. The summed E-state index contributed by atoms with van der Waals surface area (Å²) in [5.41, 5.74) is 5.93. The monoisotopic (exact) mass is 405 g/mol. The van der Waals surface area contributed by atoms with Crippen LogP contribution >= 0.6 is 0 Å². The van der Waals surface area contributed by atoms with Gasteiger partial charge in [0.15, 0.2) is 0 Å². The minimum Gasteiger partial charge on any atom is -0.427 e. The maximum Gasteiger partial charge on any atom is 0.456 e. The standard InChI is InChI=1S/C22H40BN3O3/c24-12-15-2-1-3-17(10-15)16-6-8-26(9-7-16)22(27)18-4-5-20-19(11-18)13-25-14-21(20)23(28)29/h15-21,25,28-29H,1-14,24H2. The zero-order valence-electron chi connectivity index (χ0n) is 17.8. The normalized spacial score (nSPS) is 39.1. The van der Waals surface area contributed by atoms with Gasteiger partial charge in [0.1, 0.15) is 0 Å². The predicted molar refractivity (Wildman–Crippen MR) is 115 cm³/mol. The summed E-state index contributed by atoms with van der Waals surface area (Å²) in [4.78, 5) is 15.4. The average Bonchev–Trinajstić information content (AvgIpc) is 2.77. The largest absolute Gasteiger partial charge is 0.456 e. The maximum absolute atomic E-state index is 13.2. The van der Waals surface area contributed by atoms with Gasteiger partial charge in [-0.25, -0.2) is 0 Å². The molecule has 0 spiro atoms. The van der Waals surface area contributed by atoms with E-state index in [4.69, 9.17) is 5.73 Å². The quantitative estimate of drug-likeness (QED) is 0.531. The Morgan fingerprint density at radius 3 is 2.48 bits per heavy atom. The van der Waals surface area contributed by atoms with Crippen LogP contribution in [0.5, 0.6) is 0 Å². The molecule has 0 bridgehead atoms. The Hall–Kier alpha value is -0.625. The molecule has 0 aromatic rings. The first-order valence-corrected chi connectivity index (χ1v) is 12.1. The number of nitrogens with zero attached hydrogens (tertiary/aromatic N) is 1. The second-order valence-corrected chi connectivity index (χ2v) is 10.4. The number of nitrogens with one attached hydrogen (secondary N) is 1. The molecule has 0 aromatic heterocycles. The van der Waals surface area contributed by atoms with Crippen molar-refractivity contribution in [2.24, 2.45) is 41.2 Å². The predicted octanol–water partition coefficient (Wildman–Crippen LogP) is 1.47. The Morgan fingerprint density at radius 1 is 0.966 bits per heavy atom. The van der Waals surface area contributed by atoms with Gasteiger partial charge >= 0.3 is 7.12 Å². The highest BCUT2D eigenvalue weighted by Gasteiger charge is 2.44. The minimum atomic E-state index is -1.25. The fourth-order valence-electron chi connectivity index (χ4n) is 7.05. The number of fused-ring (bicyclic) bond motifs is 1. The lowest BCUT2D eigenvalue weighted by Crippen LogP contribution is -2.51. The first-order valence-electron chi connectivity index (χ1n) is 12.1. The summed E-state index contributed by atoms with van der Waals surface area (Å²) in [6.07, 6.45) is 10.4. The molecule has 5 N–H and O–H groups in total. The lowest BCUT2D eigenvalue weighted by molar-refractivity contribution is -0.139. The van der Waals surface area contributed by atoms with Gasteiger partial charge in [-0.3, -0.25) is 4.79 Å². The molecule has 7 heteroatoms. The number of carbonyl (C=O) groups excluding carboxylic acids is 1. The molecule has 164 valence electrons. The highest BCUT2D eigenvalue weighted by molar-refractivity contribution is 6.43. The highest BCUT2D eigenvalue weighted by Crippen LogP contribution is 2.44. The molecular formula is C22H40BN3O3. The molecule has 2 aliphatic carbocycles. The van der Waals surface area contributed by atoms with Crippen molar-refractivity contribution in [3.8, 4) is 0 Å². The lowest BCUT2D eigenvalue weighted by atomic mass is 9.56. The summed E-state index contributed by atoms with van der Waals surface area (Å²) in [5, 5.41) is 22.7. The van der Waals surface area contributed by atoms with E-state index in [-0.39, 0.29) is 11.7 Å². The highest BCUT2D eigenvalue weighted by atomic mass is 16.4. The maximum atomic E-state index is 13.2. The van der Waals surface area contributed by atoms with Crippen molar-refractivity contribution in [3.05, 3.63) is 0 Å². The average molecular weight is 405 g/mol. The van der Waals surface area contributed by atoms with Crippen molar-refractivity contribution in [1.29, 1.82) is 0 Å². The van der Waals surface area contributed by atoms with Gasteiger partial charge in [-0.05, 0) is 94.2 Å². The molecule has 2 aliphatic heterocycles. The van der Waals surface area contributed by atoms with Crippen molar-refractivity contribution in [3.63, 3.8) is 0 Å². The number of hydrogen-bond acceptors (Lipinski definition) is 5. The zero-order valence-corrected chi connectivity index (χ0v) is 17.8. The first-order chi connectivity index (χ1) is 14.1. The molecule has 2 saturated carbocycles. The van der Waals surface area contributed by atoms with Crippen LogP contribution in [0.1, 0.15) is 57.8 Å². The number of piperidine rings is 2. The fraction of sp³-hybridized carbons (Fsp3) is 0.955. The summed E-state index contributed by atoms with van der Waals surface area (Å²) in [7, 11) is -1.25. The fourth-order valence-corrected chi connectivity index (χ4v) is 7.05. The molecule has 2 heterocycles. The SMILES string of the molecule is NCC1CCCC(C2CCN(C(=O)C3CCC4C(CNCC4B(O)O)C3)CC2)C1. The molecular weight excluding hydrogens is 365 g/mol. The van der Waals surface area contributed by atoms with E-state index in [0.29, 0.717) is 30.2 Å². The molecule has 0 aromatic carbocycles. The van der Waals surface area contributed by atoms with Crippen LogP contribution in [-0.4, -0.2) is 60.7 Å². The van der Waals surface area contributed by atoms with E-state index in [1.807, 2.05) is 0 Å². The smallest absolute Gasteiger partial charge is 0.427 e. The van der Waals surface area contributed by atoms with Crippen LogP contribution in [0.2, 0.25) is 5.82 Å². The number of hydrogen-bond donors (Lipinski definition) is 4. The summed E-state index contributed by atoms with van der Waals surface area (Å²) < 4.78 is 0. The van der Waals surface area contributed by atoms with Gasteiger partial charge in [0.2, 0.25) is 5.91 Å². The number of nitrogens with two attached hydrogens (primary N) is 1. The summed E-state index contributed by atoms with van der Waals surface area (Å²) >= 11 is 0. The third-order valence-corrected chi connectivity index (χ3v) is 8.78. The van der Waals surface area contributed by atoms with Gasteiger partial charge in [0.25, 0.3) is 0 Å². The molecule has 29 heavy (non-hydrogen) atoms. The van der Waals surface area contributed by atoms with Gasteiger partial charge in [-0.1, -0.05) is 12.8 Å². The number of carbonyl (C=O) groups is 1. The van der Waals surface area contributed by atoms with E-state index in [1.165, 1.54) is 25.7 Å². The van der Waals surface area contributed by atoms with Crippen LogP contribution in [0.25, 0.3) is 0 Å². The molecule has 6 atom stereocenters. The molecule has 6 unspecified atom stereocenters. The number of amides is 1. The van der Waals surface area contributed by atoms with Crippen molar-refractivity contribution in [1.82, 2.24) is 10.2 Å². The minimum absolute atomic E-state index is 0.0895. The van der Waals surface area contributed by atoms with Gasteiger partial charge in [0.05, 0.1) is 0 Å². The summed E-state index contributed by atoms with van der Waals surface area (Å²) in [5.74, 6) is 3.44. The zero-order chi connectivity index (χ0) is 20.4. The van der Waals surface area contributed by atoms with Crippen molar-refractivity contribution >= 4 is 13.0 Å². The van der Waals surface area contributed by atoms with Gasteiger partial charge < -0.3 is 26.0 Å². The Kier molecular flexibility index (Phi) is 7.20. The molecule has 6 nitrogen and oxygen atoms in total. The molecule has 1 amide bonds. The van der Waals surface area contributed by atoms with E-state index < -0.39 is 7.12 Å². The van der Waals surface area contributed by atoms with Crippen LogP contribution < -0.4 is 11.1 Å². The lowest BCUT2D eigenvalue weighted by Gasteiger charge is -2.45. The first kappa shape index (κ1) is 21.6. The second-order valence-electron chi connectivity index (χ2n) is 10.4. The summed E-state index contributed by atoms with van der Waals surface area (Å²) in [6, 6.07) is 0. The van der Waals surface area contributed by atoms with Gasteiger partial charge in [0, 0.05) is 24.8 Å². The van der Waals surface area contributed by atoms with Crippen LogP contribution in [0.3, 0.4) is 0 Å². The van der Waals surface area contributed by atoms with Crippen LogP contribution in [0.4, 0.5) is 0 Å². The third kappa shape index (κ3) is 4.84. The van der Waals surface area contributed by atoms with Crippen LogP contribution in [0.15, 0.2) is 0 Å². The Labute approximate surface area is 176 Å². The molecule has 0 radical (unpaired) electrons. The van der Waals surface area contributed by atoms with Crippen molar-refractivity contribution < 1.29 is 14.8 Å². The van der Waals surface area contributed by atoms with Gasteiger partial charge in [-0.15, -0.1) is 0 Å². The number of likely N-dealkylation sites (tertiary alicyclic amines) is 1. The van der Waals surface area contributed by atoms with E-state index in [9.17, 15) is 14.8 Å². The van der Waals surface area contributed by atoms with E-state index in [2.05, 4.69) is 10.2 Å². The molecule has 2 saturated heterocycles. The Bertz CT molecular complexity index is 555. The molecule has 4 aliphatic rings. The van der Waals surface area contributed by atoms with Crippen LogP contribution in [0, 0.1) is 35.5 Å². The van der Waals surface area contributed by atoms with Crippen LogP contribution in [-0.2, 0) is 4.79 Å². The molecule has 4 fully saturated rings. The molecule has 4 rings (SSSR count). The topological polar surface area (TPSA) is 98.8 Å². The number of rotatable bonds is 4. The third-order valence-electron chi connectivity index (χ3n) is 8.78. The van der Waals surface area contributed by atoms with Gasteiger partial charge in [-0.2, -0.15) is 0 Å². The Morgan fingerprint density at radius 2 is 1.76 bits per heavy atom. The Balaban J connectivity index is 1.27. The van der Waals surface area contributed by atoms with E-state index in [1.54, 1.807) is 0 Å². The van der Waals surface area contributed by atoms with E-state index in [0.717, 1.165) is 70.1 Å². The van der Waals surface area contributed by atoms with Crippen molar-refractivity contribution in [2.45, 2.75) is 63.6 Å².